The fourth-order valence-electron chi connectivity index (χ4n) is 1.66. The third-order valence-electron chi connectivity index (χ3n) is 2.65. The number of carboxylic acid groups (broad SMARTS) is 1. The lowest BCUT2D eigenvalue weighted by Crippen LogP contribution is -1.94. The predicted octanol–water partition coefficient (Wildman–Crippen LogP) is 3.03. The van der Waals surface area contributed by atoms with Gasteiger partial charge in [-0.3, -0.25) is 10.1 Å². The van der Waals surface area contributed by atoms with Gasteiger partial charge in [-0.25, -0.2) is 9.78 Å². The minimum Gasteiger partial charge on any atom is -0.477 e. The fraction of sp³-hybridized carbons (Fsp3) is 0.167. The molecule has 0 radical (unpaired) electrons. The summed E-state index contributed by atoms with van der Waals surface area (Å²) in [5.74, 6) is -1.04. The molecule has 0 aliphatic carbocycles. The number of carboxylic acids is 1. The van der Waals surface area contributed by atoms with Crippen molar-refractivity contribution in [3.63, 3.8) is 0 Å². The van der Waals surface area contributed by atoms with Crippen LogP contribution in [-0.2, 0) is 0 Å². The Bertz CT molecular complexity index is 678. The molecule has 6 nitrogen and oxygen atoms in total. The van der Waals surface area contributed by atoms with Crippen LogP contribution in [0.3, 0.4) is 0 Å². The van der Waals surface area contributed by atoms with Gasteiger partial charge in [0, 0.05) is 17.7 Å². The van der Waals surface area contributed by atoms with Crippen LogP contribution in [0.4, 0.5) is 5.69 Å². The third kappa shape index (κ3) is 2.45. The van der Waals surface area contributed by atoms with E-state index in [0.29, 0.717) is 16.3 Å². The van der Waals surface area contributed by atoms with Crippen LogP contribution in [-0.4, -0.2) is 21.0 Å². The number of non-ortho nitro benzene ring substituents is 1. The maximum Gasteiger partial charge on any atom is 0.347 e. The second kappa shape index (κ2) is 4.77. The molecule has 0 atom stereocenters. The number of aromatic nitrogens is 1. The lowest BCUT2D eigenvalue weighted by atomic mass is 10.1. The normalized spacial score (nSPS) is 10.4. The molecule has 1 aromatic carbocycles. The molecule has 2 aromatic rings. The predicted molar refractivity (Wildman–Crippen MR) is 70.6 cm³/mol. The highest BCUT2D eigenvalue weighted by molar-refractivity contribution is 7.17. The minimum absolute atomic E-state index is 0.0367. The summed E-state index contributed by atoms with van der Waals surface area (Å²) < 4.78 is 0. The van der Waals surface area contributed by atoms with Gasteiger partial charge in [0.1, 0.15) is 9.88 Å². The van der Waals surface area contributed by atoms with Crippen LogP contribution in [0.1, 0.15) is 20.9 Å². The first-order valence-corrected chi connectivity index (χ1v) is 6.18. The number of aryl methyl sites for hydroxylation is 2. The van der Waals surface area contributed by atoms with Gasteiger partial charge >= 0.3 is 5.97 Å². The molecular weight excluding hydrogens is 268 g/mol. The second-order valence-electron chi connectivity index (χ2n) is 4.00. The molecule has 0 spiro atoms. The smallest absolute Gasteiger partial charge is 0.347 e. The molecule has 0 aliphatic heterocycles. The number of thiazole rings is 1. The number of hydrogen-bond donors (Lipinski definition) is 1. The number of hydrogen-bond acceptors (Lipinski definition) is 5. The molecule has 0 aliphatic rings. The molecule has 0 amide bonds. The van der Waals surface area contributed by atoms with Crippen molar-refractivity contribution in [2.45, 2.75) is 13.8 Å². The summed E-state index contributed by atoms with van der Waals surface area (Å²) >= 11 is 1.02. The highest BCUT2D eigenvalue weighted by Gasteiger charge is 2.18. The molecule has 1 heterocycles. The molecule has 2 rings (SSSR count). The second-order valence-corrected chi connectivity index (χ2v) is 4.99. The zero-order chi connectivity index (χ0) is 14.2. The molecule has 0 saturated heterocycles. The van der Waals surface area contributed by atoms with Crippen LogP contribution < -0.4 is 0 Å². The van der Waals surface area contributed by atoms with Crippen LogP contribution in [0.15, 0.2) is 18.2 Å². The lowest BCUT2D eigenvalue weighted by molar-refractivity contribution is -0.384. The van der Waals surface area contributed by atoms with Gasteiger partial charge in [0.05, 0.1) is 10.6 Å². The maximum absolute atomic E-state index is 11.0. The Morgan fingerprint density at radius 3 is 2.63 bits per heavy atom. The molecule has 19 heavy (non-hydrogen) atoms. The summed E-state index contributed by atoms with van der Waals surface area (Å²) in [6.07, 6.45) is 0. The van der Waals surface area contributed by atoms with E-state index in [9.17, 15) is 14.9 Å². The number of rotatable bonds is 3. The van der Waals surface area contributed by atoms with Crippen molar-refractivity contribution in [2.24, 2.45) is 0 Å². The van der Waals surface area contributed by atoms with E-state index in [-0.39, 0.29) is 10.6 Å². The van der Waals surface area contributed by atoms with Gasteiger partial charge in [-0.1, -0.05) is 6.07 Å². The SMILES string of the molecule is Cc1ccc([N+](=O)[O-])cc1-c1nc(C)c(C(=O)O)s1. The molecule has 0 bridgehead atoms. The van der Waals surface area contributed by atoms with Crippen molar-refractivity contribution in [1.82, 2.24) is 4.98 Å². The van der Waals surface area contributed by atoms with E-state index in [1.165, 1.54) is 12.1 Å². The van der Waals surface area contributed by atoms with Crippen molar-refractivity contribution in [2.75, 3.05) is 0 Å². The summed E-state index contributed by atoms with van der Waals surface area (Å²) in [5, 5.41) is 20.3. The summed E-state index contributed by atoms with van der Waals surface area (Å²) in [5.41, 5.74) is 1.79. The molecule has 1 N–H and O–H groups in total. The van der Waals surface area contributed by atoms with Gasteiger partial charge in [0.2, 0.25) is 0 Å². The Kier molecular flexibility index (Phi) is 3.30. The Morgan fingerprint density at radius 2 is 2.11 bits per heavy atom. The molecule has 0 saturated carbocycles. The van der Waals surface area contributed by atoms with Crippen LogP contribution in [0, 0.1) is 24.0 Å². The van der Waals surface area contributed by atoms with E-state index in [0.717, 1.165) is 16.9 Å². The van der Waals surface area contributed by atoms with Gasteiger partial charge in [-0.2, -0.15) is 0 Å². The molecule has 1 aromatic heterocycles. The van der Waals surface area contributed by atoms with E-state index in [1.807, 2.05) is 0 Å². The van der Waals surface area contributed by atoms with Gasteiger partial charge in [-0.05, 0) is 19.4 Å². The van der Waals surface area contributed by atoms with Crippen molar-refractivity contribution >= 4 is 23.0 Å². The van der Waals surface area contributed by atoms with Crippen molar-refractivity contribution in [3.05, 3.63) is 44.4 Å². The van der Waals surface area contributed by atoms with E-state index >= 15 is 0 Å². The zero-order valence-corrected chi connectivity index (χ0v) is 11.0. The number of nitro groups is 1. The van der Waals surface area contributed by atoms with E-state index in [1.54, 1.807) is 19.9 Å². The maximum atomic E-state index is 11.0. The molecule has 98 valence electrons. The Morgan fingerprint density at radius 1 is 1.42 bits per heavy atom. The first kappa shape index (κ1) is 13.2. The monoisotopic (exact) mass is 278 g/mol. The van der Waals surface area contributed by atoms with E-state index in [4.69, 9.17) is 5.11 Å². The highest BCUT2D eigenvalue weighted by Crippen LogP contribution is 2.32. The Labute approximate surface area is 112 Å². The lowest BCUT2D eigenvalue weighted by Gasteiger charge is -2.01. The zero-order valence-electron chi connectivity index (χ0n) is 10.2. The Balaban J connectivity index is 2.58. The van der Waals surface area contributed by atoms with Crippen molar-refractivity contribution < 1.29 is 14.8 Å². The van der Waals surface area contributed by atoms with Crippen LogP contribution in [0.25, 0.3) is 10.6 Å². The summed E-state index contributed by atoms with van der Waals surface area (Å²) in [4.78, 5) is 25.6. The van der Waals surface area contributed by atoms with Crippen LogP contribution in [0.2, 0.25) is 0 Å². The summed E-state index contributed by atoms with van der Waals surface area (Å²) in [6.45, 7) is 3.41. The summed E-state index contributed by atoms with van der Waals surface area (Å²) in [6, 6.07) is 4.46. The number of nitrogens with zero attached hydrogens (tertiary/aromatic N) is 2. The van der Waals surface area contributed by atoms with E-state index in [2.05, 4.69) is 4.98 Å². The number of aromatic carboxylic acids is 1. The fourth-order valence-corrected chi connectivity index (χ4v) is 2.65. The average molecular weight is 278 g/mol. The van der Waals surface area contributed by atoms with Gasteiger partial charge < -0.3 is 5.11 Å². The number of nitro benzene ring substituents is 1. The quantitative estimate of drug-likeness (QED) is 0.688. The molecule has 7 heteroatoms. The first-order chi connectivity index (χ1) is 8.90. The van der Waals surface area contributed by atoms with Gasteiger partial charge in [0.15, 0.2) is 0 Å². The Hall–Kier alpha value is -2.28. The first-order valence-electron chi connectivity index (χ1n) is 5.36. The van der Waals surface area contributed by atoms with Crippen molar-refractivity contribution in [3.8, 4) is 10.6 Å². The number of carbonyl (C=O) groups is 1. The molecule has 0 fully saturated rings. The average Bonchev–Trinajstić information content (AvgIpc) is 2.71. The highest BCUT2D eigenvalue weighted by atomic mass is 32.1. The topological polar surface area (TPSA) is 93.3 Å². The van der Waals surface area contributed by atoms with Crippen molar-refractivity contribution in [1.29, 1.82) is 0 Å². The number of benzene rings is 1. The minimum atomic E-state index is -1.04. The third-order valence-corrected chi connectivity index (χ3v) is 3.83. The van der Waals surface area contributed by atoms with Crippen LogP contribution >= 0.6 is 11.3 Å². The molecular formula is C12H10N2O4S. The van der Waals surface area contributed by atoms with Crippen LogP contribution in [0.5, 0.6) is 0 Å². The summed E-state index contributed by atoms with van der Waals surface area (Å²) in [7, 11) is 0. The molecule has 0 unspecified atom stereocenters. The van der Waals surface area contributed by atoms with Gasteiger partial charge in [-0.15, -0.1) is 11.3 Å². The standard InChI is InChI=1S/C12H10N2O4S/c1-6-3-4-8(14(17)18)5-9(6)11-13-7(2)10(19-11)12(15)16/h3-5H,1-2H3,(H,15,16). The van der Waals surface area contributed by atoms with Gasteiger partial charge in [0.25, 0.3) is 5.69 Å². The van der Waals surface area contributed by atoms with E-state index < -0.39 is 10.9 Å². The largest absolute Gasteiger partial charge is 0.477 e.